The van der Waals surface area contributed by atoms with Crippen LogP contribution in [-0.2, 0) is 9.84 Å². The van der Waals surface area contributed by atoms with E-state index in [2.05, 4.69) is 0 Å². The lowest BCUT2D eigenvalue weighted by molar-refractivity contribution is 0.110. The molecule has 1 aromatic carbocycles. The lowest BCUT2D eigenvalue weighted by Crippen LogP contribution is -2.48. The third-order valence-electron chi connectivity index (χ3n) is 3.53. The molecule has 2 atom stereocenters. The number of nitrogens with two attached hydrogens (primary N) is 1. The van der Waals surface area contributed by atoms with E-state index in [1.54, 1.807) is 0 Å². The van der Waals surface area contributed by atoms with E-state index in [-0.39, 0.29) is 6.54 Å². The van der Waals surface area contributed by atoms with Gasteiger partial charge in [-0.2, -0.15) is 0 Å². The van der Waals surface area contributed by atoms with Crippen molar-refractivity contribution in [2.75, 3.05) is 12.8 Å². The Bertz CT molecular complexity index is 482. The SMILES string of the molecule is CC(C)(C(O)C(CN)c1ccccc1)S(C)(=O)=O. The first kappa shape index (κ1) is 15.1. The normalized spacial score (nSPS) is 16.3. The molecule has 0 radical (unpaired) electrons. The van der Waals surface area contributed by atoms with Crippen LogP contribution in [0.15, 0.2) is 30.3 Å². The van der Waals surface area contributed by atoms with Gasteiger partial charge in [0.25, 0.3) is 0 Å². The molecule has 2 unspecified atom stereocenters. The predicted octanol–water partition coefficient (Wildman–Crippen LogP) is 0.913. The van der Waals surface area contributed by atoms with Crippen LogP contribution in [0.1, 0.15) is 25.3 Å². The van der Waals surface area contributed by atoms with E-state index >= 15 is 0 Å². The van der Waals surface area contributed by atoms with Gasteiger partial charge in [0, 0.05) is 18.7 Å². The highest BCUT2D eigenvalue weighted by atomic mass is 32.2. The highest BCUT2D eigenvalue weighted by Gasteiger charge is 2.42. The smallest absolute Gasteiger partial charge is 0.155 e. The standard InChI is InChI=1S/C13H21NO3S/c1-13(2,18(3,16)17)12(15)11(9-14)10-7-5-4-6-8-10/h4-8,11-12,15H,9,14H2,1-3H3. The molecular weight excluding hydrogens is 250 g/mol. The Morgan fingerprint density at radius 3 is 2.17 bits per heavy atom. The fourth-order valence-electron chi connectivity index (χ4n) is 1.85. The largest absolute Gasteiger partial charge is 0.391 e. The van der Waals surface area contributed by atoms with Gasteiger partial charge in [-0.15, -0.1) is 0 Å². The zero-order chi connectivity index (χ0) is 14.0. The molecule has 18 heavy (non-hydrogen) atoms. The van der Waals surface area contributed by atoms with Gasteiger partial charge in [-0.25, -0.2) is 8.42 Å². The second kappa shape index (κ2) is 5.38. The highest BCUT2D eigenvalue weighted by molar-refractivity contribution is 7.92. The van der Waals surface area contributed by atoms with Crippen molar-refractivity contribution in [2.45, 2.75) is 30.6 Å². The molecule has 0 heterocycles. The maximum absolute atomic E-state index is 11.7. The van der Waals surface area contributed by atoms with Crippen LogP contribution in [0.4, 0.5) is 0 Å². The van der Waals surface area contributed by atoms with Crippen LogP contribution >= 0.6 is 0 Å². The molecule has 0 aliphatic carbocycles. The molecule has 1 aromatic rings. The maximum Gasteiger partial charge on any atom is 0.155 e. The number of sulfone groups is 1. The summed E-state index contributed by atoms with van der Waals surface area (Å²) in [7, 11) is -3.37. The second-order valence-corrected chi connectivity index (χ2v) is 7.67. The summed E-state index contributed by atoms with van der Waals surface area (Å²) in [6.07, 6.45) is 0.0920. The lowest BCUT2D eigenvalue weighted by Gasteiger charge is -2.34. The van der Waals surface area contributed by atoms with E-state index in [0.29, 0.717) is 0 Å². The highest BCUT2D eigenvalue weighted by Crippen LogP contribution is 2.30. The van der Waals surface area contributed by atoms with Gasteiger partial charge >= 0.3 is 0 Å². The maximum atomic E-state index is 11.7. The van der Waals surface area contributed by atoms with Gasteiger partial charge in [-0.1, -0.05) is 30.3 Å². The van der Waals surface area contributed by atoms with Crippen molar-refractivity contribution < 1.29 is 13.5 Å². The summed E-state index contributed by atoms with van der Waals surface area (Å²) < 4.78 is 22.3. The molecular formula is C13H21NO3S. The molecule has 3 N–H and O–H groups in total. The molecule has 0 amide bonds. The van der Waals surface area contributed by atoms with E-state index in [1.165, 1.54) is 13.8 Å². The fourth-order valence-corrected chi connectivity index (χ4v) is 2.45. The van der Waals surface area contributed by atoms with Gasteiger partial charge in [0.05, 0.1) is 10.9 Å². The summed E-state index contributed by atoms with van der Waals surface area (Å²) in [6, 6.07) is 9.25. The van der Waals surface area contributed by atoms with E-state index in [4.69, 9.17) is 5.73 Å². The van der Waals surface area contributed by atoms with Gasteiger partial charge in [-0.3, -0.25) is 0 Å². The van der Waals surface area contributed by atoms with Crippen molar-refractivity contribution in [1.82, 2.24) is 0 Å². The summed E-state index contributed by atoms with van der Waals surface area (Å²) in [5.41, 5.74) is 6.54. The van der Waals surface area contributed by atoms with E-state index < -0.39 is 26.6 Å². The predicted molar refractivity (Wildman–Crippen MR) is 73.2 cm³/mol. The number of benzene rings is 1. The van der Waals surface area contributed by atoms with Crippen LogP contribution in [0.5, 0.6) is 0 Å². The first-order valence-electron chi connectivity index (χ1n) is 5.84. The molecule has 4 nitrogen and oxygen atoms in total. The summed E-state index contributed by atoms with van der Waals surface area (Å²) in [5, 5.41) is 10.4. The van der Waals surface area contributed by atoms with Crippen LogP contribution in [0.2, 0.25) is 0 Å². The molecule has 0 aliphatic rings. The Morgan fingerprint density at radius 1 is 1.28 bits per heavy atom. The summed E-state index contributed by atoms with van der Waals surface area (Å²) in [5.74, 6) is -0.393. The number of aliphatic hydroxyl groups excluding tert-OH is 1. The average Bonchev–Trinajstić information content (AvgIpc) is 2.29. The van der Waals surface area contributed by atoms with E-state index in [0.717, 1.165) is 11.8 Å². The van der Waals surface area contributed by atoms with Crippen LogP contribution in [0.25, 0.3) is 0 Å². The van der Waals surface area contributed by atoms with Gasteiger partial charge < -0.3 is 10.8 Å². The lowest BCUT2D eigenvalue weighted by atomic mass is 9.87. The third-order valence-corrected chi connectivity index (χ3v) is 5.68. The van der Waals surface area contributed by atoms with Crippen LogP contribution in [0.3, 0.4) is 0 Å². The topological polar surface area (TPSA) is 80.4 Å². The Hall–Kier alpha value is -0.910. The number of hydrogen-bond donors (Lipinski definition) is 2. The summed E-state index contributed by atoms with van der Waals surface area (Å²) in [4.78, 5) is 0. The zero-order valence-corrected chi connectivity index (χ0v) is 11.8. The van der Waals surface area contributed by atoms with Gasteiger partial charge in [0.15, 0.2) is 9.84 Å². The number of rotatable bonds is 5. The van der Waals surface area contributed by atoms with E-state index in [9.17, 15) is 13.5 Å². The quantitative estimate of drug-likeness (QED) is 0.834. The van der Waals surface area contributed by atoms with Gasteiger partial charge in [-0.05, 0) is 19.4 Å². The molecule has 1 rings (SSSR count). The minimum atomic E-state index is -3.37. The Kier molecular flexibility index (Phi) is 4.53. The van der Waals surface area contributed by atoms with Crippen LogP contribution in [-0.4, -0.2) is 37.2 Å². The molecule has 0 saturated heterocycles. The number of aliphatic hydroxyl groups is 1. The third kappa shape index (κ3) is 2.91. The minimum absolute atomic E-state index is 0.199. The van der Waals surface area contributed by atoms with Crippen molar-refractivity contribution in [3.8, 4) is 0 Å². The summed E-state index contributed by atoms with van der Waals surface area (Å²) >= 11 is 0. The molecule has 0 fully saturated rings. The first-order valence-corrected chi connectivity index (χ1v) is 7.73. The molecule has 5 heteroatoms. The van der Waals surface area contributed by atoms with Gasteiger partial charge in [0.2, 0.25) is 0 Å². The molecule has 0 spiro atoms. The zero-order valence-electron chi connectivity index (χ0n) is 11.0. The Morgan fingerprint density at radius 2 is 1.78 bits per heavy atom. The average molecular weight is 271 g/mol. The van der Waals surface area contributed by atoms with Crippen molar-refractivity contribution in [1.29, 1.82) is 0 Å². The fraction of sp³-hybridized carbons (Fsp3) is 0.538. The number of hydrogen-bond acceptors (Lipinski definition) is 4. The molecule has 0 aromatic heterocycles. The Balaban J connectivity index is 3.12. The van der Waals surface area contributed by atoms with Crippen molar-refractivity contribution >= 4 is 9.84 Å². The van der Waals surface area contributed by atoms with Gasteiger partial charge in [0.1, 0.15) is 0 Å². The van der Waals surface area contributed by atoms with E-state index in [1.807, 2.05) is 30.3 Å². The molecule has 102 valence electrons. The Labute approximate surface area is 109 Å². The second-order valence-electron chi connectivity index (χ2n) is 5.07. The molecule has 0 bridgehead atoms. The van der Waals surface area contributed by atoms with Crippen molar-refractivity contribution in [3.63, 3.8) is 0 Å². The molecule has 0 aliphatic heterocycles. The first-order chi connectivity index (χ1) is 8.21. The monoisotopic (exact) mass is 271 g/mol. The van der Waals surface area contributed by atoms with Crippen molar-refractivity contribution in [2.24, 2.45) is 5.73 Å². The molecule has 0 saturated carbocycles. The minimum Gasteiger partial charge on any atom is -0.391 e. The van der Waals surface area contributed by atoms with Crippen LogP contribution in [0, 0.1) is 0 Å². The van der Waals surface area contributed by atoms with Crippen LogP contribution < -0.4 is 5.73 Å². The van der Waals surface area contributed by atoms with Crippen molar-refractivity contribution in [3.05, 3.63) is 35.9 Å². The summed E-state index contributed by atoms with van der Waals surface area (Å²) in [6.45, 7) is 3.25.